The van der Waals surface area contributed by atoms with Crippen molar-refractivity contribution >= 4 is 18.4 Å². The van der Waals surface area contributed by atoms with Crippen LogP contribution in [0.5, 0.6) is 0 Å². The maximum absolute atomic E-state index is 2.43. The van der Waals surface area contributed by atoms with Gasteiger partial charge in [0.25, 0.3) is 0 Å². The molecule has 0 heterocycles. The van der Waals surface area contributed by atoms with Crippen molar-refractivity contribution in [3.63, 3.8) is 0 Å². The van der Waals surface area contributed by atoms with E-state index in [1.807, 2.05) is 0 Å². The van der Waals surface area contributed by atoms with Crippen LogP contribution >= 0.6 is 0 Å². The predicted molar refractivity (Wildman–Crippen MR) is 99.9 cm³/mol. The summed E-state index contributed by atoms with van der Waals surface area (Å²) < 4.78 is 0. The minimum atomic E-state index is -1.61. The quantitative estimate of drug-likeness (QED) is 0.269. The van der Waals surface area contributed by atoms with Gasteiger partial charge in [-0.25, -0.2) is 6.07 Å². The van der Waals surface area contributed by atoms with Gasteiger partial charge in [-0.3, -0.25) is 0 Å². The molecule has 0 spiro atoms. The van der Waals surface area contributed by atoms with E-state index in [1.165, 1.54) is 23.2 Å². The molecule has 0 saturated heterocycles. The summed E-state index contributed by atoms with van der Waals surface area (Å²) in [6.07, 6.45) is 0. The third kappa shape index (κ3) is 5.55. The Hall–Kier alpha value is -0.409. The van der Waals surface area contributed by atoms with E-state index in [-0.39, 0.29) is 58.9 Å². The summed E-state index contributed by atoms with van der Waals surface area (Å²) in [6, 6.07) is 31.4. The monoisotopic (exact) mass is 456 g/mol. The molecule has 3 aromatic rings. The van der Waals surface area contributed by atoms with Gasteiger partial charge in [0, 0.05) is 0 Å². The fraction of sp³-hybridized carbons (Fsp3) is 0.190. The molecule has 26 heavy (non-hydrogen) atoms. The van der Waals surface area contributed by atoms with Gasteiger partial charge in [0.05, 0.1) is 8.07 Å². The zero-order valence-electron chi connectivity index (χ0n) is 15.1. The van der Waals surface area contributed by atoms with Gasteiger partial charge in [-0.15, -0.1) is 0 Å². The molecule has 5 heteroatoms. The Bertz CT molecular complexity index is 725. The van der Waals surface area contributed by atoms with Crippen LogP contribution in [0.2, 0.25) is 12.1 Å². The van der Waals surface area contributed by atoms with Crippen molar-refractivity contribution in [3.05, 3.63) is 78.9 Å². The second-order valence-corrected chi connectivity index (χ2v) is 10.6. The Balaban J connectivity index is 0. The van der Waals surface area contributed by atoms with Crippen LogP contribution in [0.1, 0.15) is 13.8 Å². The zero-order chi connectivity index (χ0) is 15.4. The molecular formula is C21H23Cl3SiTi. The fourth-order valence-electron chi connectivity index (χ4n) is 3.54. The van der Waals surface area contributed by atoms with Gasteiger partial charge in [-0.05, 0) is 0 Å². The van der Waals surface area contributed by atoms with E-state index in [9.17, 15) is 0 Å². The average molecular weight is 458 g/mol. The molecule has 0 aliphatic carbocycles. The van der Waals surface area contributed by atoms with Crippen LogP contribution in [0.25, 0.3) is 11.1 Å². The van der Waals surface area contributed by atoms with Crippen LogP contribution in [0.4, 0.5) is 0 Å². The number of halogens is 3. The molecule has 0 fully saturated rings. The third-order valence-electron chi connectivity index (χ3n) is 4.95. The fourth-order valence-corrected chi connectivity index (χ4v) is 7.67. The SMILES string of the molecule is CC[Si](CC)(c1ccccc1)[c-]1ccc(-c2ccccc2)c1.[Cl-].[Cl-].[Cl-].[Ti+4]. The molecule has 0 amide bonds. The first kappa shape index (κ1) is 27.8. The van der Waals surface area contributed by atoms with Crippen molar-refractivity contribution in [2.45, 2.75) is 25.9 Å². The second-order valence-electron chi connectivity index (χ2n) is 5.91. The van der Waals surface area contributed by atoms with Crippen molar-refractivity contribution < 1.29 is 58.9 Å². The molecule has 0 nitrogen and oxygen atoms in total. The standard InChI is InChI=1S/C21H23Si.3ClH.Ti/c1-3-22(4-2,20-13-9-6-10-14-20)21-16-15-19(17-21)18-11-7-5-8-12-18;;;;/h5-17H,3-4H2,1-2H3;3*1H;/q-1;;;;+4/p-3. The normalized spacial score (nSPS) is 9.77. The van der Waals surface area contributed by atoms with Crippen molar-refractivity contribution in [1.29, 1.82) is 0 Å². The molecule has 3 aromatic carbocycles. The predicted octanol–water partition coefficient (Wildman–Crippen LogP) is -4.32. The minimum absolute atomic E-state index is 0. The van der Waals surface area contributed by atoms with Crippen LogP contribution in [-0.2, 0) is 21.7 Å². The van der Waals surface area contributed by atoms with E-state index in [4.69, 9.17) is 0 Å². The van der Waals surface area contributed by atoms with Gasteiger partial charge >= 0.3 is 21.7 Å². The summed E-state index contributed by atoms with van der Waals surface area (Å²) in [5.41, 5.74) is 2.67. The largest absolute Gasteiger partial charge is 4.00 e. The van der Waals surface area contributed by atoms with Crippen LogP contribution in [-0.4, -0.2) is 8.07 Å². The van der Waals surface area contributed by atoms with Gasteiger partial charge in [-0.1, -0.05) is 97.3 Å². The maximum atomic E-state index is 2.43. The zero-order valence-corrected chi connectivity index (χ0v) is 19.9. The first-order valence-electron chi connectivity index (χ1n) is 8.18. The molecule has 0 N–H and O–H groups in total. The third-order valence-corrected chi connectivity index (χ3v) is 10.2. The van der Waals surface area contributed by atoms with Crippen LogP contribution < -0.4 is 47.6 Å². The van der Waals surface area contributed by atoms with Gasteiger partial charge in [0.2, 0.25) is 0 Å². The van der Waals surface area contributed by atoms with Gasteiger partial charge in [0.1, 0.15) is 0 Å². The van der Waals surface area contributed by atoms with Crippen molar-refractivity contribution in [1.82, 2.24) is 0 Å². The molecule has 0 aliphatic heterocycles. The molecule has 0 unspecified atom stereocenters. The Morgan fingerprint density at radius 3 is 1.69 bits per heavy atom. The minimum Gasteiger partial charge on any atom is -1.00 e. The van der Waals surface area contributed by atoms with E-state index in [0.29, 0.717) is 0 Å². The molecule has 0 saturated carbocycles. The smallest absolute Gasteiger partial charge is 1.00 e. The Morgan fingerprint density at radius 1 is 0.692 bits per heavy atom. The number of benzene rings is 2. The molecule has 0 atom stereocenters. The number of rotatable bonds is 5. The van der Waals surface area contributed by atoms with E-state index < -0.39 is 8.07 Å². The van der Waals surface area contributed by atoms with Gasteiger partial charge in [-0.2, -0.15) is 22.9 Å². The van der Waals surface area contributed by atoms with Crippen molar-refractivity contribution in [3.8, 4) is 11.1 Å². The molecule has 0 aromatic heterocycles. The second kappa shape index (κ2) is 12.9. The van der Waals surface area contributed by atoms with Crippen LogP contribution in [0.15, 0.2) is 78.9 Å². The van der Waals surface area contributed by atoms with E-state index in [1.54, 1.807) is 10.4 Å². The van der Waals surface area contributed by atoms with E-state index in [0.717, 1.165) is 0 Å². The Kier molecular flexibility index (Phi) is 13.8. The van der Waals surface area contributed by atoms with E-state index >= 15 is 0 Å². The molecule has 136 valence electrons. The first-order chi connectivity index (χ1) is 10.8. The molecule has 0 bridgehead atoms. The molecule has 3 rings (SSSR count). The summed E-state index contributed by atoms with van der Waals surface area (Å²) in [5, 5.41) is 3.13. The molecule has 0 radical (unpaired) electrons. The van der Waals surface area contributed by atoms with Gasteiger partial charge in [0.15, 0.2) is 0 Å². The van der Waals surface area contributed by atoms with Gasteiger partial charge < -0.3 is 37.2 Å². The molecular weight excluding hydrogens is 435 g/mol. The summed E-state index contributed by atoms with van der Waals surface area (Å²) >= 11 is 0. The van der Waals surface area contributed by atoms with Crippen LogP contribution in [0.3, 0.4) is 0 Å². The summed E-state index contributed by atoms with van der Waals surface area (Å²) in [5.74, 6) is 0. The summed E-state index contributed by atoms with van der Waals surface area (Å²) in [7, 11) is -1.61. The topological polar surface area (TPSA) is 0 Å². The van der Waals surface area contributed by atoms with Crippen LogP contribution in [0, 0.1) is 0 Å². The molecule has 0 aliphatic rings. The average Bonchev–Trinajstić information content (AvgIpc) is 3.09. The number of hydrogen-bond donors (Lipinski definition) is 0. The maximum Gasteiger partial charge on any atom is 4.00 e. The van der Waals surface area contributed by atoms with Crippen molar-refractivity contribution in [2.24, 2.45) is 0 Å². The summed E-state index contributed by atoms with van der Waals surface area (Å²) in [4.78, 5) is 0. The van der Waals surface area contributed by atoms with Crippen molar-refractivity contribution in [2.75, 3.05) is 0 Å². The Labute approximate surface area is 192 Å². The number of hydrogen-bond acceptors (Lipinski definition) is 0. The van der Waals surface area contributed by atoms with E-state index in [2.05, 4.69) is 92.7 Å². The Morgan fingerprint density at radius 2 is 1.19 bits per heavy atom. The summed E-state index contributed by atoms with van der Waals surface area (Å²) in [6.45, 7) is 4.72. The first-order valence-corrected chi connectivity index (χ1v) is 10.6.